The minimum Gasteiger partial charge on any atom is -0.543 e. The molecule has 16 nitrogen and oxygen atoms in total. The summed E-state index contributed by atoms with van der Waals surface area (Å²) in [6, 6.07) is 11.8. The summed E-state index contributed by atoms with van der Waals surface area (Å²) in [4.78, 5) is 85.9. The van der Waals surface area contributed by atoms with E-state index in [-0.39, 0.29) is 58.9 Å². The van der Waals surface area contributed by atoms with Gasteiger partial charge >= 0.3 is 41.5 Å². The van der Waals surface area contributed by atoms with Crippen molar-refractivity contribution >= 4 is 52.7 Å². The number of carboxylic acid groups (broad SMARTS) is 1. The summed E-state index contributed by atoms with van der Waals surface area (Å²) in [5.41, 5.74) is 12.4. The van der Waals surface area contributed by atoms with Crippen molar-refractivity contribution in [2.45, 2.75) is 71.8 Å². The Balaban J connectivity index is 0.000000250. The van der Waals surface area contributed by atoms with E-state index < -0.39 is 71.9 Å². The number of nitrogens with zero attached hydrogens (tertiary/aromatic N) is 2. The number of carbonyl (C=O) groups is 7. The molecule has 4 aliphatic rings. The number of hydrogen-bond acceptors (Lipinski definition) is 12. The van der Waals surface area contributed by atoms with E-state index in [0.717, 1.165) is 0 Å². The Labute approximate surface area is 338 Å². The minimum atomic E-state index is -1.43. The number of hydrogen-bond donors (Lipinski definition) is 4. The van der Waals surface area contributed by atoms with Gasteiger partial charge in [0.15, 0.2) is 0 Å². The Morgan fingerprint density at radius 1 is 0.745 bits per heavy atom. The monoisotopic (exact) mass is 768 g/mol. The van der Waals surface area contributed by atoms with E-state index in [0.29, 0.717) is 46.2 Å². The van der Waals surface area contributed by atoms with Gasteiger partial charge in [0.2, 0.25) is 30.4 Å². The van der Waals surface area contributed by atoms with Crippen molar-refractivity contribution in [1.29, 1.82) is 0 Å². The maximum Gasteiger partial charge on any atom is 1.00 e. The van der Waals surface area contributed by atoms with Crippen LogP contribution in [0, 0.1) is 17.3 Å². The fraction of sp³-hybridized carbons (Fsp3) is 0.395. The van der Waals surface area contributed by atoms with Gasteiger partial charge in [-0.05, 0) is 94.0 Å². The SMILES string of the molecule is C[C@@H](O)[C@H]1C(=O)N2C(C(=O)OCOC(=O)C(C)(C)C)=C(c3ccc(C(N)=O)cc3)C[C@H]12.C[C@@H](O)[C@H]1C(=O)N2C(C(=O)[O-])=C(c3ccc(C(N)=O)cc3)C[C@H]12.[Na+]. The zero-order valence-corrected chi connectivity index (χ0v) is 33.2. The zero-order valence-electron chi connectivity index (χ0n) is 31.2. The number of aliphatic hydroxyl groups excluding tert-OH is 2. The second kappa shape index (κ2) is 16.5. The van der Waals surface area contributed by atoms with E-state index in [2.05, 4.69) is 0 Å². The summed E-state index contributed by atoms with van der Waals surface area (Å²) in [5.74, 6) is -5.94. The Hall–Kier alpha value is -4.87. The van der Waals surface area contributed by atoms with E-state index in [4.69, 9.17) is 20.9 Å². The normalized spacial score (nSPS) is 22.2. The number of fused-ring (bicyclic) bond motifs is 2. The molecule has 4 aliphatic heterocycles. The molecular weight excluding hydrogens is 727 g/mol. The summed E-state index contributed by atoms with van der Waals surface area (Å²) >= 11 is 0. The Bertz CT molecular complexity index is 1980. The number of nitrogens with two attached hydrogens (primary N) is 2. The molecule has 0 unspecified atom stereocenters. The van der Waals surface area contributed by atoms with Crippen LogP contribution in [-0.4, -0.2) is 92.6 Å². The standard InChI is InChI=1S/C22H26N2O7.C16H16N2O5.Na/c1-11(25)16-15-9-14(12-5-7-13(8-6-12)18(23)26)17(24(15)19(16)27)20(28)30-10-31-21(29)22(2,3)4;1-7(19)12-11-6-10(13(16(22)23)18(11)15(12)21)8-2-4-9(5-3-8)14(17)20;/h5-8,11,15-16,25H,9-10H2,1-4H3,(H2,23,26);2-5,7,11-12,19H,6H2,1H3,(H2,17,20)(H,22,23);/q;;+1/p-1/t11-,15-,16-;7-,11-,12-;/m11./s1. The smallest absolute Gasteiger partial charge is 0.543 e. The molecule has 0 spiro atoms. The number of β-lactam (4-membered cyclic amide) rings is 2. The van der Waals surface area contributed by atoms with Crippen molar-refractivity contribution in [2.24, 2.45) is 28.7 Å². The zero-order chi connectivity index (χ0) is 40.0. The number of amides is 4. The third kappa shape index (κ3) is 8.23. The van der Waals surface area contributed by atoms with Gasteiger partial charge in [-0.25, -0.2) is 4.79 Å². The second-order valence-electron chi connectivity index (χ2n) is 14.5. The van der Waals surface area contributed by atoms with Crippen molar-refractivity contribution in [3.8, 4) is 0 Å². The molecule has 2 fully saturated rings. The van der Waals surface area contributed by atoms with Gasteiger partial charge in [0.05, 0.1) is 53.2 Å². The summed E-state index contributed by atoms with van der Waals surface area (Å²) in [5, 5.41) is 31.1. The molecule has 2 aromatic rings. The summed E-state index contributed by atoms with van der Waals surface area (Å²) < 4.78 is 10.1. The van der Waals surface area contributed by atoms with Crippen molar-refractivity contribution in [2.75, 3.05) is 6.79 Å². The van der Waals surface area contributed by atoms with E-state index in [1.165, 1.54) is 47.9 Å². The van der Waals surface area contributed by atoms with Crippen LogP contribution in [-0.2, 0) is 33.4 Å². The predicted octanol–water partition coefficient (Wildman–Crippen LogP) is -2.94. The van der Waals surface area contributed by atoms with Gasteiger partial charge < -0.3 is 50.9 Å². The van der Waals surface area contributed by atoms with E-state index >= 15 is 0 Å². The van der Waals surface area contributed by atoms with Crippen LogP contribution in [0.15, 0.2) is 59.9 Å². The maximum atomic E-state index is 12.8. The Morgan fingerprint density at radius 3 is 1.47 bits per heavy atom. The summed E-state index contributed by atoms with van der Waals surface area (Å²) in [7, 11) is 0. The number of rotatable bonds is 10. The predicted molar refractivity (Wildman–Crippen MR) is 186 cm³/mol. The molecule has 0 aromatic heterocycles. The van der Waals surface area contributed by atoms with Crippen LogP contribution in [0.4, 0.5) is 0 Å². The molecule has 6 rings (SSSR count). The average Bonchev–Trinajstić information content (AvgIpc) is 3.61. The molecule has 4 amide bonds. The molecular formula is C38H41N4NaO12. The fourth-order valence-electron chi connectivity index (χ4n) is 7.13. The van der Waals surface area contributed by atoms with Crippen LogP contribution in [0.5, 0.6) is 0 Å². The van der Waals surface area contributed by atoms with E-state index in [9.17, 15) is 48.9 Å². The van der Waals surface area contributed by atoms with Gasteiger partial charge in [0.25, 0.3) is 0 Å². The Kier molecular flexibility index (Phi) is 12.8. The molecule has 6 atom stereocenters. The summed E-state index contributed by atoms with van der Waals surface area (Å²) in [6.07, 6.45) is -1.05. The number of aliphatic hydroxyl groups is 2. The van der Waals surface area contributed by atoms with Crippen LogP contribution in [0.3, 0.4) is 0 Å². The molecule has 4 heterocycles. The van der Waals surface area contributed by atoms with E-state index in [1.807, 2.05) is 0 Å². The molecule has 0 aliphatic carbocycles. The summed E-state index contributed by atoms with van der Waals surface area (Å²) in [6.45, 7) is 7.47. The first-order valence-electron chi connectivity index (χ1n) is 17.1. The minimum absolute atomic E-state index is 0. The average molecular weight is 769 g/mol. The quantitative estimate of drug-likeness (QED) is 0.0820. The molecule has 55 heavy (non-hydrogen) atoms. The van der Waals surface area contributed by atoms with Crippen molar-refractivity contribution < 1.29 is 87.9 Å². The number of aliphatic carboxylic acids is 1. The molecule has 0 saturated carbocycles. The van der Waals surface area contributed by atoms with Crippen molar-refractivity contribution in [3.05, 3.63) is 82.2 Å². The number of carboxylic acids is 1. The fourth-order valence-corrected chi connectivity index (χ4v) is 7.13. The van der Waals surface area contributed by atoms with Crippen LogP contribution < -0.4 is 46.1 Å². The first-order valence-corrected chi connectivity index (χ1v) is 17.1. The molecule has 2 aromatic carbocycles. The molecule has 17 heteroatoms. The number of carbonyl (C=O) groups excluding carboxylic acids is 7. The van der Waals surface area contributed by atoms with Gasteiger partial charge in [-0.2, -0.15) is 0 Å². The third-order valence-corrected chi connectivity index (χ3v) is 9.87. The van der Waals surface area contributed by atoms with E-state index in [1.54, 1.807) is 45.0 Å². The third-order valence-electron chi connectivity index (χ3n) is 9.87. The second-order valence-corrected chi connectivity index (χ2v) is 14.5. The molecule has 0 bridgehead atoms. The first kappa shape index (κ1) is 42.9. The number of esters is 2. The van der Waals surface area contributed by atoms with Crippen LogP contribution >= 0.6 is 0 Å². The number of ether oxygens (including phenoxy) is 2. The molecule has 0 radical (unpaired) electrons. The molecule has 6 N–H and O–H groups in total. The van der Waals surface area contributed by atoms with Gasteiger partial charge in [-0.1, -0.05) is 24.3 Å². The van der Waals surface area contributed by atoms with Gasteiger partial charge in [0, 0.05) is 11.1 Å². The van der Waals surface area contributed by atoms with Crippen LogP contribution in [0.1, 0.15) is 79.3 Å². The first-order chi connectivity index (χ1) is 25.3. The molecule has 2 saturated heterocycles. The topological polar surface area (TPSA) is 260 Å². The molecule has 286 valence electrons. The van der Waals surface area contributed by atoms with Crippen LogP contribution in [0.25, 0.3) is 11.1 Å². The largest absolute Gasteiger partial charge is 1.00 e. The van der Waals surface area contributed by atoms with Gasteiger partial charge in [0.1, 0.15) is 5.70 Å². The van der Waals surface area contributed by atoms with Crippen molar-refractivity contribution in [1.82, 2.24) is 9.80 Å². The van der Waals surface area contributed by atoms with Crippen LogP contribution in [0.2, 0.25) is 0 Å². The maximum absolute atomic E-state index is 12.8. The van der Waals surface area contributed by atoms with Gasteiger partial charge in [-0.3, -0.25) is 24.0 Å². The van der Waals surface area contributed by atoms with Crippen molar-refractivity contribution in [3.63, 3.8) is 0 Å². The number of primary amides is 2. The van der Waals surface area contributed by atoms with Gasteiger partial charge in [-0.15, -0.1) is 0 Å². The Morgan fingerprint density at radius 2 is 1.13 bits per heavy atom. The number of benzene rings is 2.